The van der Waals surface area contributed by atoms with Gasteiger partial charge in [0.25, 0.3) is 0 Å². The Labute approximate surface area is 110 Å². The van der Waals surface area contributed by atoms with Crippen molar-refractivity contribution in [3.63, 3.8) is 0 Å². The molecule has 4 nitrogen and oxygen atoms in total. The molecule has 1 N–H and O–H groups in total. The zero-order chi connectivity index (χ0) is 13.2. The number of nitrogens with one attached hydrogen (secondary N) is 1. The summed E-state index contributed by atoms with van der Waals surface area (Å²) in [6.45, 7) is 9.88. The maximum absolute atomic E-state index is 4.97. The van der Waals surface area contributed by atoms with Crippen molar-refractivity contribution in [1.82, 2.24) is 15.5 Å². The molecule has 1 aromatic rings. The zero-order valence-corrected chi connectivity index (χ0v) is 12.0. The Morgan fingerprint density at radius 2 is 2.22 bits per heavy atom. The molecule has 1 saturated carbocycles. The number of aryl methyl sites for hydroxylation is 1. The van der Waals surface area contributed by atoms with Gasteiger partial charge in [-0.1, -0.05) is 25.9 Å². The lowest BCUT2D eigenvalue weighted by atomic mass is 9.70. The third-order valence-corrected chi connectivity index (χ3v) is 4.02. The van der Waals surface area contributed by atoms with Crippen LogP contribution in [0.4, 0.5) is 0 Å². The first-order chi connectivity index (χ1) is 8.46. The maximum Gasteiger partial charge on any atom is 0.223 e. The van der Waals surface area contributed by atoms with Gasteiger partial charge in [0.1, 0.15) is 0 Å². The van der Waals surface area contributed by atoms with Crippen LogP contribution in [0.5, 0.6) is 0 Å². The molecular formula is C14H25N3O. The van der Waals surface area contributed by atoms with Gasteiger partial charge < -0.3 is 9.84 Å². The Bertz CT molecular complexity index is 386. The topological polar surface area (TPSA) is 51.0 Å². The molecule has 1 heterocycles. The van der Waals surface area contributed by atoms with Gasteiger partial charge in [-0.05, 0) is 30.6 Å². The average molecular weight is 251 g/mol. The molecule has 1 aliphatic carbocycles. The molecule has 0 aromatic carbocycles. The third-order valence-electron chi connectivity index (χ3n) is 4.02. The van der Waals surface area contributed by atoms with Gasteiger partial charge in [0.15, 0.2) is 5.82 Å². The van der Waals surface area contributed by atoms with Crippen molar-refractivity contribution in [3.8, 4) is 0 Å². The maximum atomic E-state index is 4.97. The summed E-state index contributed by atoms with van der Waals surface area (Å²) in [6, 6.07) is 0.644. The lowest BCUT2D eigenvalue weighted by Crippen LogP contribution is -2.42. The van der Waals surface area contributed by atoms with Crippen LogP contribution < -0.4 is 5.32 Å². The second-order valence-electron chi connectivity index (χ2n) is 6.42. The summed E-state index contributed by atoms with van der Waals surface area (Å²) in [7, 11) is 0. The molecule has 1 aromatic heterocycles. The summed E-state index contributed by atoms with van der Waals surface area (Å²) in [4.78, 5) is 4.22. The Kier molecular flexibility index (Phi) is 4.05. The van der Waals surface area contributed by atoms with Crippen LogP contribution in [0.3, 0.4) is 0 Å². The number of aromatic nitrogens is 2. The molecule has 0 aliphatic heterocycles. The minimum atomic E-state index is 0.516. The van der Waals surface area contributed by atoms with Gasteiger partial charge in [-0.3, -0.25) is 0 Å². The molecular weight excluding hydrogens is 226 g/mol. The van der Waals surface area contributed by atoms with Crippen molar-refractivity contribution in [2.45, 2.75) is 59.4 Å². The van der Waals surface area contributed by atoms with Crippen molar-refractivity contribution in [2.75, 3.05) is 6.54 Å². The molecule has 1 aliphatic rings. The third kappa shape index (κ3) is 3.55. The summed E-state index contributed by atoms with van der Waals surface area (Å²) in [6.07, 6.45) is 4.76. The summed E-state index contributed by atoms with van der Waals surface area (Å²) in [5.41, 5.74) is 0.516. The molecule has 2 atom stereocenters. The monoisotopic (exact) mass is 251 g/mol. The fourth-order valence-corrected chi connectivity index (χ4v) is 3.06. The molecule has 1 fully saturated rings. The van der Waals surface area contributed by atoms with Crippen LogP contribution in [0.2, 0.25) is 0 Å². The number of nitrogens with zero attached hydrogens (tertiary/aromatic N) is 2. The van der Waals surface area contributed by atoms with Crippen molar-refractivity contribution in [1.29, 1.82) is 0 Å². The summed E-state index contributed by atoms with van der Waals surface area (Å²) >= 11 is 0. The van der Waals surface area contributed by atoms with Crippen LogP contribution >= 0.6 is 0 Å². The average Bonchev–Trinajstić information content (AvgIpc) is 2.67. The van der Waals surface area contributed by atoms with E-state index in [0.717, 1.165) is 24.7 Å². The van der Waals surface area contributed by atoms with Gasteiger partial charge in [-0.15, -0.1) is 0 Å². The highest BCUT2D eigenvalue weighted by atomic mass is 16.5. The zero-order valence-electron chi connectivity index (χ0n) is 12.0. The summed E-state index contributed by atoms with van der Waals surface area (Å²) < 4.78 is 4.97. The predicted octanol–water partition coefficient (Wildman–Crippen LogP) is 2.72. The van der Waals surface area contributed by atoms with Crippen LogP contribution in [0.25, 0.3) is 0 Å². The van der Waals surface area contributed by atoms with Gasteiger partial charge in [-0.25, -0.2) is 0 Å². The molecule has 2 unspecified atom stereocenters. The van der Waals surface area contributed by atoms with Gasteiger partial charge in [0, 0.05) is 25.9 Å². The van der Waals surface area contributed by atoms with E-state index in [-0.39, 0.29) is 0 Å². The van der Waals surface area contributed by atoms with E-state index >= 15 is 0 Å². The van der Waals surface area contributed by atoms with E-state index in [4.69, 9.17) is 4.52 Å². The number of hydrogen-bond acceptors (Lipinski definition) is 4. The van der Waals surface area contributed by atoms with Crippen LogP contribution in [-0.2, 0) is 6.42 Å². The van der Waals surface area contributed by atoms with E-state index in [1.165, 1.54) is 19.3 Å². The van der Waals surface area contributed by atoms with E-state index in [0.29, 0.717) is 17.3 Å². The van der Waals surface area contributed by atoms with Gasteiger partial charge in [-0.2, -0.15) is 4.98 Å². The Morgan fingerprint density at radius 1 is 1.44 bits per heavy atom. The van der Waals surface area contributed by atoms with Crippen LogP contribution in [0, 0.1) is 18.3 Å². The van der Waals surface area contributed by atoms with Crippen molar-refractivity contribution in [2.24, 2.45) is 11.3 Å². The predicted molar refractivity (Wildman–Crippen MR) is 71.3 cm³/mol. The van der Waals surface area contributed by atoms with Crippen LogP contribution in [0.1, 0.15) is 51.7 Å². The second-order valence-corrected chi connectivity index (χ2v) is 6.42. The van der Waals surface area contributed by atoms with E-state index < -0.39 is 0 Å². The molecule has 0 saturated heterocycles. The molecule has 0 amide bonds. The minimum absolute atomic E-state index is 0.516. The lowest BCUT2D eigenvalue weighted by molar-refractivity contribution is 0.149. The van der Waals surface area contributed by atoms with Crippen molar-refractivity contribution in [3.05, 3.63) is 11.7 Å². The van der Waals surface area contributed by atoms with Crippen molar-refractivity contribution >= 4 is 0 Å². The molecule has 102 valence electrons. The van der Waals surface area contributed by atoms with E-state index in [1.54, 1.807) is 0 Å². The highest BCUT2D eigenvalue weighted by Crippen LogP contribution is 2.38. The Morgan fingerprint density at radius 3 is 2.83 bits per heavy atom. The fourth-order valence-electron chi connectivity index (χ4n) is 3.06. The fraction of sp³-hybridized carbons (Fsp3) is 0.857. The largest absolute Gasteiger partial charge is 0.340 e. The molecule has 0 spiro atoms. The standard InChI is InChI=1S/C14H25N3O/c1-10-9-14(3,4)7-5-12(10)15-8-6-13-16-11(2)18-17-13/h10,12,15H,5-9H2,1-4H3. The molecule has 18 heavy (non-hydrogen) atoms. The summed E-state index contributed by atoms with van der Waals surface area (Å²) in [5, 5.41) is 7.56. The Balaban J connectivity index is 1.74. The van der Waals surface area contributed by atoms with E-state index in [2.05, 4.69) is 36.2 Å². The summed E-state index contributed by atoms with van der Waals surface area (Å²) in [5.74, 6) is 2.21. The molecule has 0 bridgehead atoms. The first-order valence-electron chi connectivity index (χ1n) is 6.99. The van der Waals surface area contributed by atoms with Gasteiger partial charge in [0.2, 0.25) is 5.89 Å². The lowest BCUT2D eigenvalue weighted by Gasteiger charge is -2.39. The highest BCUT2D eigenvalue weighted by molar-refractivity contribution is 4.89. The first-order valence-corrected chi connectivity index (χ1v) is 6.99. The minimum Gasteiger partial charge on any atom is -0.340 e. The quantitative estimate of drug-likeness (QED) is 0.894. The number of hydrogen-bond donors (Lipinski definition) is 1. The second kappa shape index (κ2) is 5.39. The smallest absolute Gasteiger partial charge is 0.223 e. The van der Waals surface area contributed by atoms with Crippen molar-refractivity contribution < 1.29 is 4.52 Å². The van der Waals surface area contributed by atoms with Gasteiger partial charge >= 0.3 is 0 Å². The first kappa shape index (κ1) is 13.5. The molecule has 2 rings (SSSR count). The molecule has 0 radical (unpaired) electrons. The van der Waals surface area contributed by atoms with E-state index in [9.17, 15) is 0 Å². The molecule has 4 heteroatoms. The van der Waals surface area contributed by atoms with Gasteiger partial charge in [0.05, 0.1) is 0 Å². The Hall–Kier alpha value is -0.900. The SMILES string of the molecule is Cc1nc(CCNC2CCC(C)(C)CC2C)no1. The number of rotatable bonds is 4. The van der Waals surface area contributed by atoms with Crippen LogP contribution in [-0.4, -0.2) is 22.7 Å². The van der Waals surface area contributed by atoms with E-state index in [1.807, 2.05) is 6.92 Å². The van der Waals surface area contributed by atoms with Crippen LogP contribution in [0.15, 0.2) is 4.52 Å². The normalized spacial score (nSPS) is 27.3. The highest BCUT2D eigenvalue weighted by Gasteiger charge is 2.31.